The van der Waals surface area contributed by atoms with Crippen molar-refractivity contribution in [1.82, 2.24) is 15.0 Å². The van der Waals surface area contributed by atoms with E-state index in [0.717, 1.165) is 56.0 Å². The van der Waals surface area contributed by atoms with E-state index in [1.807, 2.05) is 42.5 Å². The number of hydrogen-bond acceptors (Lipinski definition) is 4. The van der Waals surface area contributed by atoms with Crippen LogP contribution in [0.4, 0.5) is 0 Å². The molecule has 0 fully saturated rings. The highest BCUT2D eigenvalue weighted by Gasteiger charge is 2.50. The summed E-state index contributed by atoms with van der Waals surface area (Å²) in [6.45, 7) is 0. The summed E-state index contributed by atoms with van der Waals surface area (Å²) in [5.74, 6) is 3.63. The number of hydrogen-bond donors (Lipinski definition) is 0. The van der Waals surface area contributed by atoms with Crippen LogP contribution in [0.1, 0.15) is 22.3 Å². The van der Waals surface area contributed by atoms with Gasteiger partial charge in [-0.05, 0) is 56.6 Å². The Morgan fingerprint density at radius 1 is 0.286 bits per heavy atom. The van der Waals surface area contributed by atoms with Crippen molar-refractivity contribution < 1.29 is 4.74 Å². The maximum Gasteiger partial charge on any atom is 0.164 e. The highest BCUT2D eigenvalue weighted by molar-refractivity contribution is 5.89. The Bertz CT molecular complexity index is 2890. The molecule has 1 aliphatic heterocycles. The van der Waals surface area contributed by atoms with E-state index in [2.05, 4.69) is 158 Å². The average Bonchev–Trinajstić information content (AvgIpc) is 3.57. The molecule has 0 radical (unpaired) electrons. The van der Waals surface area contributed by atoms with E-state index < -0.39 is 5.41 Å². The molecular weight excluding hydrogens is 683 g/mol. The molecule has 2 heterocycles. The van der Waals surface area contributed by atoms with E-state index in [-0.39, 0.29) is 0 Å². The second-order valence-electron chi connectivity index (χ2n) is 14.3. The van der Waals surface area contributed by atoms with Crippen LogP contribution >= 0.6 is 0 Å². The molecule has 0 unspecified atom stereocenters. The molecule has 0 N–H and O–H groups in total. The van der Waals surface area contributed by atoms with Gasteiger partial charge in [-0.2, -0.15) is 0 Å². The van der Waals surface area contributed by atoms with Crippen LogP contribution in [0.2, 0.25) is 0 Å². The molecular formula is C52H33N3O. The summed E-state index contributed by atoms with van der Waals surface area (Å²) in [4.78, 5) is 15.2. The van der Waals surface area contributed by atoms with Crippen LogP contribution in [0.25, 0.3) is 67.5 Å². The molecule has 1 spiro atoms. The van der Waals surface area contributed by atoms with Crippen LogP contribution in [0.3, 0.4) is 0 Å². The predicted molar refractivity (Wildman–Crippen MR) is 224 cm³/mol. The number of nitrogens with zero attached hydrogens (tertiary/aromatic N) is 3. The predicted octanol–water partition coefficient (Wildman–Crippen LogP) is 12.7. The minimum Gasteiger partial charge on any atom is -0.457 e. The van der Waals surface area contributed by atoms with Gasteiger partial charge in [0.1, 0.15) is 11.5 Å². The fourth-order valence-corrected chi connectivity index (χ4v) is 8.74. The lowest BCUT2D eigenvalue weighted by Crippen LogP contribution is -2.32. The van der Waals surface area contributed by atoms with Gasteiger partial charge < -0.3 is 4.74 Å². The van der Waals surface area contributed by atoms with Gasteiger partial charge in [0.25, 0.3) is 0 Å². The summed E-state index contributed by atoms with van der Waals surface area (Å²) in [5, 5.41) is 0. The molecule has 262 valence electrons. The largest absolute Gasteiger partial charge is 0.457 e. The molecule has 0 bridgehead atoms. The van der Waals surface area contributed by atoms with E-state index in [1.165, 1.54) is 27.8 Å². The number of para-hydroxylation sites is 1. The van der Waals surface area contributed by atoms with Crippen molar-refractivity contribution in [2.45, 2.75) is 5.41 Å². The Morgan fingerprint density at radius 3 is 1.39 bits per heavy atom. The standard InChI is InChI=1S/C52H33N3O/c1-3-15-35(16-4-1)39-19-7-8-22-42(39)51-54-49(36-17-5-2-6-18-36)53-50(55-51)37-29-27-34(28-30-37)38-31-32-46-48(33-38)56-47-26-14-13-25-45(47)52(46)43-23-11-9-20-40(43)41-21-10-12-24-44(41)52/h1-33H. The number of aromatic nitrogens is 3. The van der Waals surface area contributed by atoms with Crippen molar-refractivity contribution in [3.05, 3.63) is 222 Å². The highest BCUT2D eigenvalue weighted by Crippen LogP contribution is 2.62. The minimum atomic E-state index is -0.480. The van der Waals surface area contributed by atoms with Crippen LogP contribution in [0, 0.1) is 0 Å². The molecule has 8 aromatic carbocycles. The van der Waals surface area contributed by atoms with Gasteiger partial charge in [0.05, 0.1) is 5.41 Å². The van der Waals surface area contributed by atoms with Gasteiger partial charge in [-0.3, -0.25) is 0 Å². The van der Waals surface area contributed by atoms with Crippen LogP contribution in [0.5, 0.6) is 11.5 Å². The lowest BCUT2D eigenvalue weighted by Gasteiger charge is -2.39. The zero-order valence-electron chi connectivity index (χ0n) is 30.3. The Morgan fingerprint density at radius 2 is 0.732 bits per heavy atom. The molecule has 11 rings (SSSR count). The van der Waals surface area contributed by atoms with E-state index >= 15 is 0 Å². The first-order chi connectivity index (χ1) is 27.8. The van der Waals surface area contributed by atoms with E-state index in [9.17, 15) is 0 Å². The Kier molecular flexibility index (Phi) is 7.36. The van der Waals surface area contributed by atoms with Crippen LogP contribution in [-0.4, -0.2) is 15.0 Å². The van der Waals surface area contributed by atoms with Crippen LogP contribution < -0.4 is 4.74 Å². The first kappa shape index (κ1) is 32.0. The molecule has 56 heavy (non-hydrogen) atoms. The molecule has 0 saturated heterocycles. The topological polar surface area (TPSA) is 47.9 Å². The van der Waals surface area contributed by atoms with Crippen LogP contribution in [0.15, 0.2) is 200 Å². The lowest BCUT2D eigenvalue weighted by atomic mass is 9.66. The smallest absolute Gasteiger partial charge is 0.164 e. The summed E-state index contributed by atoms with van der Waals surface area (Å²) in [6, 6.07) is 70.1. The second-order valence-corrected chi connectivity index (χ2v) is 14.3. The first-order valence-corrected chi connectivity index (χ1v) is 18.9. The van der Waals surface area contributed by atoms with Gasteiger partial charge in [0, 0.05) is 27.8 Å². The van der Waals surface area contributed by atoms with Crippen molar-refractivity contribution in [3.8, 4) is 79.0 Å². The number of rotatable bonds is 5. The van der Waals surface area contributed by atoms with E-state index in [0.29, 0.717) is 17.5 Å². The normalized spacial score (nSPS) is 12.9. The van der Waals surface area contributed by atoms with Crippen molar-refractivity contribution in [2.75, 3.05) is 0 Å². The maximum absolute atomic E-state index is 6.77. The molecule has 1 aromatic heterocycles. The third kappa shape index (κ3) is 4.96. The summed E-state index contributed by atoms with van der Waals surface area (Å²) < 4.78 is 6.77. The zero-order chi connectivity index (χ0) is 37.1. The summed E-state index contributed by atoms with van der Waals surface area (Å²) >= 11 is 0. The molecule has 4 heteroatoms. The van der Waals surface area contributed by atoms with Gasteiger partial charge in [0.15, 0.2) is 17.5 Å². The zero-order valence-corrected chi connectivity index (χ0v) is 30.3. The van der Waals surface area contributed by atoms with Crippen molar-refractivity contribution >= 4 is 0 Å². The van der Waals surface area contributed by atoms with Crippen molar-refractivity contribution in [3.63, 3.8) is 0 Å². The summed E-state index contributed by atoms with van der Waals surface area (Å²) in [7, 11) is 0. The fourth-order valence-electron chi connectivity index (χ4n) is 8.74. The first-order valence-electron chi connectivity index (χ1n) is 18.9. The molecule has 0 saturated carbocycles. The average molecular weight is 716 g/mol. The third-order valence-corrected chi connectivity index (χ3v) is 11.2. The molecule has 4 nitrogen and oxygen atoms in total. The van der Waals surface area contributed by atoms with E-state index in [1.54, 1.807) is 0 Å². The molecule has 0 amide bonds. The van der Waals surface area contributed by atoms with Crippen molar-refractivity contribution in [1.29, 1.82) is 0 Å². The lowest BCUT2D eigenvalue weighted by molar-refractivity contribution is 0.436. The summed E-state index contributed by atoms with van der Waals surface area (Å²) in [6.07, 6.45) is 0. The van der Waals surface area contributed by atoms with E-state index in [4.69, 9.17) is 19.7 Å². The number of ether oxygens (including phenoxy) is 1. The monoisotopic (exact) mass is 715 g/mol. The molecule has 9 aromatic rings. The van der Waals surface area contributed by atoms with Crippen LogP contribution in [-0.2, 0) is 5.41 Å². The Hall–Kier alpha value is -7.43. The van der Waals surface area contributed by atoms with Gasteiger partial charge in [0.2, 0.25) is 0 Å². The molecule has 2 aliphatic rings. The van der Waals surface area contributed by atoms with Gasteiger partial charge in [-0.15, -0.1) is 0 Å². The molecule has 1 aliphatic carbocycles. The quantitative estimate of drug-likeness (QED) is 0.178. The Balaban J connectivity index is 1.01. The third-order valence-electron chi connectivity index (χ3n) is 11.2. The molecule has 0 atom stereocenters. The maximum atomic E-state index is 6.77. The number of benzene rings is 8. The Labute approximate surface area is 325 Å². The summed E-state index contributed by atoms with van der Waals surface area (Å²) in [5.41, 5.74) is 14.1. The SMILES string of the molecule is c1ccc(-c2nc(-c3ccc(-c4ccc5c(c4)Oc4ccccc4C54c5ccccc5-c5ccccc54)cc3)nc(-c3ccccc3-c3ccccc3)n2)cc1. The number of fused-ring (bicyclic) bond motifs is 9. The minimum absolute atomic E-state index is 0.480. The fraction of sp³-hybridized carbons (Fsp3) is 0.0192. The van der Waals surface area contributed by atoms with Gasteiger partial charge >= 0.3 is 0 Å². The van der Waals surface area contributed by atoms with Gasteiger partial charge in [-0.1, -0.05) is 188 Å². The highest BCUT2D eigenvalue weighted by atomic mass is 16.5. The van der Waals surface area contributed by atoms with Crippen molar-refractivity contribution in [2.24, 2.45) is 0 Å². The second kappa shape index (κ2) is 12.9. The van der Waals surface area contributed by atoms with Gasteiger partial charge in [-0.25, -0.2) is 15.0 Å².